The van der Waals surface area contributed by atoms with Crippen LogP contribution in [0, 0.1) is 5.92 Å². The minimum atomic E-state index is -0.120. The smallest absolute Gasteiger partial charge is 0.0664 e. The first-order valence-corrected chi connectivity index (χ1v) is 7.56. The molecule has 0 aromatic heterocycles. The van der Waals surface area contributed by atoms with Crippen molar-refractivity contribution in [1.82, 2.24) is 0 Å². The third-order valence-corrected chi connectivity index (χ3v) is 5.26. The molecule has 1 unspecified atom stereocenters. The summed E-state index contributed by atoms with van der Waals surface area (Å²) in [6.07, 6.45) is 9.87. The molecule has 1 aromatic rings. The summed E-state index contributed by atoms with van der Waals surface area (Å²) in [5.74, 6) is 0.545. The standard InChI is InChI=1S/C17H24O/c18-16(14-8-4-5-9-14)17(12-6-7-13-17)15-10-2-1-3-11-15/h1-3,10-11,14,16,18H,4-9,12-13H2. The summed E-state index contributed by atoms with van der Waals surface area (Å²) in [6, 6.07) is 10.8. The summed E-state index contributed by atoms with van der Waals surface area (Å²) in [5, 5.41) is 11.0. The molecule has 3 rings (SSSR count). The molecule has 1 heteroatoms. The third kappa shape index (κ3) is 1.99. The Morgan fingerprint density at radius 2 is 1.56 bits per heavy atom. The van der Waals surface area contributed by atoms with E-state index >= 15 is 0 Å². The quantitative estimate of drug-likeness (QED) is 0.850. The highest BCUT2D eigenvalue weighted by Gasteiger charge is 2.45. The number of rotatable bonds is 3. The third-order valence-electron chi connectivity index (χ3n) is 5.26. The molecule has 1 N–H and O–H groups in total. The lowest BCUT2D eigenvalue weighted by atomic mass is 9.69. The van der Waals surface area contributed by atoms with E-state index in [1.807, 2.05) is 0 Å². The van der Waals surface area contributed by atoms with Crippen molar-refractivity contribution in [3.05, 3.63) is 35.9 Å². The average Bonchev–Trinajstić information content (AvgIpc) is 3.11. The second kappa shape index (κ2) is 5.05. The molecule has 18 heavy (non-hydrogen) atoms. The largest absolute Gasteiger partial charge is 0.392 e. The Morgan fingerprint density at radius 1 is 0.944 bits per heavy atom. The topological polar surface area (TPSA) is 20.2 Å². The van der Waals surface area contributed by atoms with Gasteiger partial charge >= 0.3 is 0 Å². The first-order valence-electron chi connectivity index (χ1n) is 7.56. The monoisotopic (exact) mass is 244 g/mol. The summed E-state index contributed by atoms with van der Waals surface area (Å²) >= 11 is 0. The molecule has 0 heterocycles. The van der Waals surface area contributed by atoms with Gasteiger partial charge in [0.05, 0.1) is 6.10 Å². The summed E-state index contributed by atoms with van der Waals surface area (Å²) in [4.78, 5) is 0. The molecular weight excluding hydrogens is 220 g/mol. The van der Waals surface area contributed by atoms with Crippen LogP contribution in [0.3, 0.4) is 0 Å². The molecule has 0 amide bonds. The van der Waals surface area contributed by atoms with E-state index in [0.717, 1.165) is 0 Å². The Bertz CT molecular complexity index is 372. The summed E-state index contributed by atoms with van der Waals surface area (Å²) in [5.41, 5.74) is 1.44. The lowest BCUT2D eigenvalue weighted by Gasteiger charge is -2.38. The van der Waals surface area contributed by atoms with Crippen molar-refractivity contribution < 1.29 is 5.11 Å². The van der Waals surface area contributed by atoms with Crippen LogP contribution in [-0.2, 0) is 5.41 Å². The minimum Gasteiger partial charge on any atom is -0.392 e. The van der Waals surface area contributed by atoms with E-state index in [1.54, 1.807) is 0 Å². The Labute approximate surface area is 110 Å². The van der Waals surface area contributed by atoms with Crippen LogP contribution >= 0.6 is 0 Å². The van der Waals surface area contributed by atoms with Crippen molar-refractivity contribution in [2.75, 3.05) is 0 Å². The van der Waals surface area contributed by atoms with Crippen molar-refractivity contribution in [3.8, 4) is 0 Å². The van der Waals surface area contributed by atoms with Gasteiger partial charge in [0.1, 0.15) is 0 Å². The van der Waals surface area contributed by atoms with Crippen LogP contribution in [0.25, 0.3) is 0 Å². The Kier molecular flexibility index (Phi) is 3.43. The molecule has 1 aromatic carbocycles. The lowest BCUT2D eigenvalue weighted by molar-refractivity contribution is 0.0313. The summed E-state index contributed by atoms with van der Waals surface area (Å²) in [7, 11) is 0. The highest BCUT2D eigenvalue weighted by molar-refractivity contribution is 5.28. The van der Waals surface area contributed by atoms with Gasteiger partial charge in [-0.25, -0.2) is 0 Å². The number of aliphatic hydroxyl groups is 1. The zero-order chi connectivity index (χ0) is 12.4. The minimum absolute atomic E-state index is 0.0657. The van der Waals surface area contributed by atoms with Gasteiger partial charge in [0.15, 0.2) is 0 Å². The van der Waals surface area contributed by atoms with Crippen molar-refractivity contribution in [3.63, 3.8) is 0 Å². The highest BCUT2D eigenvalue weighted by Crippen LogP contribution is 2.48. The van der Waals surface area contributed by atoms with Gasteiger partial charge in [-0.15, -0.1) is 0 Å². The van der Waals surface area contributed by atoms with Crippen LogP contribution in [0.2, 0.25) is 0 Å². The van der Waals surface area contributed by atoms with Gasteiger partial charge in [-0.1, -0.05) is 56.0 Å². The molecule has 0 bridgehead atoms. The normalized spacial score (nSPS) is 25.4. The van der Waals surface area contributed by atoms with Gasteiger partial charge in [-0.3, -0.25) is 0 Å². The molecule has 1 nitrogen and oxygen atoms in total. The predicted molar refractivity (Wildman–Crippen MR) is 74.6 cm³/mol. The van der Waals surface area contributed by atoms with E-state index in [4.69, 9.17) is 0 Å². The molecular formula is C17H24O. The van der Waals surface area contributed by atoms with E-state index < -0.39 is 0 Å². The fourth-order valence-corrected chi connectivity index (χ4v) is 4.26. The molecule has 0 aliphatic heterocycles. The van der Waals surface area contributed by atoms with E-state index in [-0.39, 0.29) is 11.5 Å². The first kappa shape index (κ1) is 12.2. The average molecular weight is 244 g/mol. The van der Waals surface area contributed by atoms with Gasteiger partial charge in [0, 0.05) is 5.41 Å². The maximum atomic E-state index is 11.0. The van der Waals surface area contributed by atoms with Crippen LogP contribution in [0.5, 0.6) is 0 Å². The molecule has 2 saturated carbocycles. The fourth-order valence-electron chi connectivity index (χ4n) is 4.26. The Balaban J connectivity index is 1.91. The zero-order valence-corrected chi connectivity index (χ0v) is 11.1. The van der Waals surface area contributed by atoms with E-state index in [2.05, 4.69) is 30.3 Å². The van der Waals surface area contributed by atoms with Crippen LogP contribution in [-0.4, -0.2) is 11.2 Å². The van der Waals surface area contributed by atoms with Crippen molar-refractivity contribution >= 4 is 0 Å². The highest BCUT2D eigenvalue weighted by atomic mass is 16.3. The first-order chi connectivity index (χ1) is 8.83. The van der Waals surface area contributed by atoms with Crippen LogP contribution in [0.1, 0.15) is 56.9 Å². The second-order valence-electron chi connectivity index (χ2n) is 6.22. The molecule has 0 saturated heterocycles. The summed E-state index contributed by atoms with van der Waals surface area (Å²) < 4.78 is 0. The Hall–Kier alpha value is -0.820. The number of aliphatic hydroxyl groups excluding tert-OH is 1. The van der Waals surface area contributed by atoms with E-state index in [9.17, 15) is 5.11 Å². The van der Waals surface area contributed by atoms with Crippen molar-refractivity contribution in [1.29, 1.82) is 0 Å². The van der Waals surface area contributed by atoms with Gasteiger partial charge in [-0.05, 0) is 37.2 Å². The fraction of sp³-hybridized carbons (Fsp3) is 0.647. The number of hydrogen-bond acceptors (Lipinski definition) is 1. The Morgan fingerprint density at radius 3 is 2.17 bits per heavy atom. The second-order valence-corrected chi connectivity index (χ2v) is 6.22. The molecule has 1 atom stereocenters. The molecule has 2 aliphatic carbocycles. The molecule has 0 spiro atoms. The van der Waals surface area contributed by atoms with Crippen LogP contribution < -0.4 is 0 Å². The van der Waals surface area contributed by atoms with Crippen LogP contribution in [0.15, 0.2) is 30.3 Å². The van der Waals surface area contributed by atoms with Gasteiger partial charge in [-0.2, -0.15) is 0 Å². The lowest BCUT2D eigenvalue weighted by Crippen LogP contribution is -2.41. The van der Waals surface area contributed by atoms with Crippen LogP contribution in [0.4, 0.5) is 0 Å². The zero-order valence-electron chi connectivity index (χ0n) is 11.1. The number of benzene rings is 1. The van der Waals surface area contributed by atoms with Gasteiger partial charge in [0.25, 0.3) is 0 Å². The molecule has 0 radical (unpaired) electrons. The van der Waals surface area contributed by atoms with Crippen molar-refractivity contribution in [2.45, 2.75) is 62.9 Å². The maximum Gasteiger partial charge on any atom is 0.0664 e. The predicted octanol–water partition coefficient (Wildman–Crippen LogP) is 4.05. The molecule has 2 fully saturated rings. The number of hydrogen-bond donors (Lipinski definition) is 1. The van der Waals surface area contributed by atoms with E-state index in [1.165, 1.54) is 56.9 Å². The molecule has 98 valence electrons. The van der Waals surface area contributed by atoms with Crippen molar-refractivity contribution in [2.24, 2.45) is 5.92 Å². The molecule has 2 aliphatic rings. The maximum absolute atomic E-state index is 11.0. The SMILES string of the molecule is OC(C1CCCC1)C1(c2ccccc2)CCCC1. The van der Waals surface area contributed by atoms with Gasteiger partial charge in [0.2, 0.25) is 0 Å². The van der Waals surface area contributed by atoms with E-state index in [0.29, 0.717) is 5.92 Å². The van der Waals surface area contributed by atoms with Gasteiger partial charge < -0.3 is 5.11 Å². The summed E-state index contributed by atoms with van der Waals surface area (Å²) in [6.45, 7) is 0.